The maximum absolute atomic E-state index is 11.8. The topological polar surface area (TPSA) is 104 Å². The molecule has 7 heteroatoms. The maximum atomic E-state index is 11.8. The van der Waals surface area contributed by atoms with Gasteiger partial charge in [-0.05, 0) is 12.0 Å². The Balaban J connectivity index is 2.55. The number of amides is 2. The second-order valence-electron chi connectivity index (χ2n) is 4.00. The third kappa shape index (κ3) is 5.13. The standard InChI is InChI=1S/C12H16IN3O3/c13-16-12(19)10(7-17)15-11(18)9(14)6-8-4-2-1-3-5-8/h1-5,9-10,17H,6-7,14H2,(H,15,18)(H,16,19). The molecule has 0 heterocycles. The number of aliphatic hydroxyl groups excluding tert-OH is 1. The van der Waals surface area contributed by atoms with E-state index in [0.717, 1.165) is 5.56 Å². The van der Waals surface area contributed by atoms with Crippen molar-refractivity contribution < 1.29 is 14.7 Å². The van der Waals surface area contributed by atoms with Gasteiger partial charge in [-0.15, -0.1) is 0 Å². The van der Waals surface area contributed by atoms with E-state index in [0.29, 0.717) is 6.42 Å². The number of halogens is 1. The average molecular weight is 377 g/mol. The number of nitrogens with two attached hydrogens (primary N) is 1. The lowest BCUT2D eigenvalue weighted by molar-refractivity contribution is -0.129. The summed E-state index contributed by atoms with van der Waals surface area (Å²) in [5.74, 6) is -0.939. The second-order valence-corrected chi connectivity index (χ2v) is 4.54. The quantitative estimate of drug-likeness (QED) is 0.396. The Bertz CT molecular complexity index is 427. The first-order chi connectivity index (χ1) is 9.08. The minimum atomic E-state index is -0.980. The summed E-state index contributed by atoms with van der Waals surface area (Å²) in [6, 6.07) is 7.59. The summed E-state index contributed by atoms with van der Waals surface area (Å²) >= 11 is 1.64. The smallest absolute Gasteiger partial charge is 0.253 e. The Morgan fingerprint density at radius 3 is 2.42 bits per heavy atom. The molecule has 1 aromatic rings. The van der Waals surface area contributed by atoms with Gasteiger partial charge in [0.1, 0.15) is 6.04 Å². The summed E-state index contributed by atoms with van der Waals surface area (Å²) in [6.45, 7) is -0.474. The summed E-state index contributed by atoms with van der Waals surface area (Å²) in [5, 5.41) is 11.4. The highest BCUT2D eigenvalue weighted by Crippen LogP contribution is 2.02. The van der Waals surface area contributed by atoms with Gasteiger partial charge in [-0.1, -0.05) is 30.3 Å². The molecule has 2 amide bonds. The van der Waals surface area contributed by atoms with Crippen LogP contribution in [-0.2, 0) is 16.0 Å². The summed E-state index contributed by atoms with van der Waals surface area (Å²) in [7, 11) is 0. The molecule has 0 saturated carbocycles. The number of carbonyl (C=O) groups excluding carboxylic acids is 2. The molecular weight excluding hydrogens is 361 g/mol. The van der Waals surface area contributed by atoms with Gasteiger partial charge in [0.05, 0.1) is 35.5 Å². The van der Waals surface area contributed by atoms with Crippen LogP contribution in [0.25, 0.3) is 0 Å². The molecule has 0 saturated heterocycles. The van der Waals surface area contributed by atoms with Crippen LogP contribution < -0.4 is 14.6 Å². The largest absolute Gasteiger partial charge is 0.394 e. The van der Waals surface area contributed by atoms with E-state index in [-0.39, 0.29) is 0 Å². The fraction of sp³-hybridized carbons (Fsp3) is 0.333. The van der Waals surface area contributed by atoms with E-state index >= 15 is 0 Å². The van der Waals surface area contributed by atoms with Crippen LogP contribution in [0, 0.1) is 0 Å². The Kier molecular flexibility index (Phi) is 6.74. The van der Waals surface area contributed by atoms with Gasteiger partial charge < -0.3 is 16.2 Å². The first kappa shape index (κ1) is 15.9. The van der Waals surface area contributed by atoms with Crippen LogP contribution in [0.15, 0.2) is 30.3 Å². The molecule has 0 fully saturated rings. The SMILES string of the molecule is NC(Cc1ccccc1)C(=O)NC(CO)C(=O)NI. The van der Waals surface area contributed by atoms with Crippen molar-refractivity contribution in [2.75, 3.05) is 6.61 Å². The highest BCUT2D eigenvalue weighted by Gasteiger charge is 2.22. The monoisotopic (exact) mass is 377 g/mol. The molecule has 19 heavy (non-hydrogen) atoms. The predicted molar refractivity (Wildman–Crippen MR) is 79.3 cm³/mol. The molecule has 6 nitrogen and oxygen atoms in total. The lowest BCUT2D eigenvalue weighted by Gasteiger charge is -2.17. The van der Waals surface area contributed by atoms with Crippen molar-refractivity contribution in [2.45, 2.75) is 18.5 Å². The van der Waals surface area contributed by atoms with E-state index in [1.807, 2.05) is 30.3 Å². The van der Waals surface area contributed by atoms with Crippen LogP contribution in [0.1, 0.15) is 5.56 Å². The lowest BCUT2D eigenvalue weighted by Crippen LogP contribution is -2.52. The Morgan fingerprint density at radius 2 is 1.89 bits per heavy atom. The number of nitrogens with one attached hydrogen (secondary N) is 2. The fourth-order valence-corrected chi connectivity index (χ4v) is 1.88. The normalized spacial score (nSPS) is 13.4. The van der Waals surface area contributed by atoms with Crippen molar-refractivity contribution in [1.29, 1.82) is 0 Å². The zero-order valence-corrected chi connectivity index (χ0v) is 12.3. The highest BCUT2D eigenvalue weighted by molar-refractivity contribution is 14.1. The molecule has 104 valence electrons. The van der Waals surface area contributed by atoms with Gasteiger partial charge in [0, 0.05) is 0 Å². The molecule has 0 radical (unpaired) electrons. The fourth-order valence-electron chi connectivity index (χ4n) is 1.50. The number of hydrogen-bond donors (Lipinski definition) is 4. The Morgan fingerprint density at radius 1 is 1.26 bits per heavy atom. The van der Waals surface area contributed by atoms with Gasteiger partial charge in [-0.2, -0.15) is 0 Å². The van der Waals surface area contributed by atoms with Crippen molar-refractivity contribution >= 4 is 34.7 Å². The minimum absolute atomic E-state index is 0.372. The lowest BCUT2D eigenvalue weighted by atomic mass is 10.1. The van der Waals surface area contributed by atoms with Crippen molar-refractivity contribution in [1.82, 2.24) is 8.85 Å². The Labute approximate surface area is 125 Å². The summed E-state index contributed by atoms with van der Waals surface area (Å²) in [4.78, 5) is 23.1. The molecule has 2 unspecified atom stereocenters. The number of carbonyl (C=O) groups is 2. The zero-order valence-electron chi connectivity index (χ0n) is 10.2. The molecule has 0 spiro atoms. The zero-order chi connectivity index (χ0) is 14.3. The van der Waals surface area contributed by atoms with Crippen LogP contribution >= 0.6 is 22.9 Å². The van der Waals surface area contributed by atoms with Gasteiger partial charge in [-0.3, -0.25) is 13.1 Å². The number of aliphatic hydroxyl groups is 1. The van der Waals surface area contributed by atoms with Crippen molar-refractivity contribution in [3.05, 3.63) is 35.9 Å². The minimum Gasteiger partial charge on any atom is -0.394 e. The first-order valence-electron chi connectivity index (χ1n) is 5.69. The number of hydrogen-bond acceptors (Lipinski definition) is 4. The van der Waals surface area contributed by atoms with Gasteiger partial charge in [0.15, 0.2) is 0 Å². The van der Waals surface area contributed by atoms with E-state index in [1.165, 1.54) is 0 Å². The maximum Gasteiger partial charge on any atom is 0.253 e. The molecular formula is C12H16IN3O3. The van der Waals surface area contributed by atoms with E-state index in [1.54, 1.807) is 22.9 Å². The molecule has 5 N–H and O–H groups in total. The van der Waals surface area contributed by atoms with Crippen LogP contribution in [0.3, 0.4) is 0 Å². The molecule has 0 aromatic heterocycles. The summed E-state index contributed by atoms with van der Waals surface area (Å²) < 4.78 is 2.33. The van der Waals surface area contributed by atoms with E-state index in [9.17, 15) is 9.59 Å². The molecule has 1 aromatic carbocycles. The molecule has 0 aliphatic rings. The number of rotatable bonds is 6. The van der Waals surface area contributed by atoms with Gasteiger partial charge in [-0.25, -0.2) is 0 Å². The Hall–Kier alpha value is -1.19. The third-order valence-electron chi connectivity index (χ3n) is 2.54. The van der Waals surface area contributed by atoms with Crippen LogP contribution in [0.5, 0.6) is 0 Å². The van der Waals surface area contributed by atoms with Crippen molar-refractivity contribution in [2.24, 2.45) is 5.73 Å². The average Bonchev–Trinajstić information content (AvgIpc) is 2.44. The van der Waals surface area contributed by atoms with Crippen LogP contribution in [0.2, 0.25) is 0 Å². The summed E-state index contributed by atoms with van der Waals surface area (Å²) in [5.41, 5.74) is 6.70. The second kappa shape index (κ2) is 8.08. The molecule has 0 aliphatic heterocycles. The van der Waals surface area contributed by atoms with E-state index in [4.69, 9.17) is 10.8 Å². The van der Waals surface area contributed by atoms with Gasteiger partial charge in [0.2, 0.25) is 5.91 Å². The van der Waals surface area contributed by atoms with E-state index in [2.05, 4.69) is 8.85 Å². The highest BCUT2D eigenvalue weighted by atomic mass is 127. The first-order valence-corrected chi connectivity index (χ1v) is 6.77. The number of benzene rings is 1. The van der Waals surface area contributed by atoms with Crippen LogP contribution in [-0.4, -0.2) is 35.6 Å². The molecule has 0 bridgehead atoms. The van der Waals surface area contributed by atoms with Crippen molar-refractivity contribution in [3.8, 4) is 0 Å². The van der Waals surface area contributed by atoms with E-state index < -0.39 is 30.5 Å². The molecule has 2 atom stereocenters. The van der Waals surface area contributed by atoms with Gasteiger partial charge >= 0.3 is 0 Å². The molecule has 1 rings (SSSR count). The summed E-state index contributed by atoms with van der Waals surface area (Å²) in [6.07, 6.45) is 0.372. The van der Waals surface area contributed by atoms with Gasteiger partial charge in [0.25, 0.3) is 5.91 Å². The van der Waals surface area contributed by atoms with Crippen molar-refractivity contribution in [3.63, 3.8) is 0 Å². The predicted octanol–water partition coefficient (Wildman–Crippen LogP) is -0.500. The third-order valence-corrected chi connectivity index (χ3v) is 3.08. The van der Waals surface area contributed by atoms with Crippen LogP contribution in [0.4, 0.5) is 0 Å². The molecule has 0 aliphatic carbocycles.